The molecule has 5 rings (SSSR count). The van der Waals surface area contributed by atoms with Crippen LogP contribution in [0.5, 0.6) is 0 Å². The molecule has 1 heterocycles. The smallest absolute Gasteiger partial charge is 0.224 e. The molecule has 1 aromatic carbocycles. The minimum atomic E-state index is 0.137. The largest absolute Gasteiger partial charge is 0.464 e. The van der Waals surface area contributed by atoms with Gasteiger partial charge in [-0.05, 0) is 86.5 Å². The fourth-order valence-corrected chi connectivity index (χ4v) is 5.78. The molecule has 1 aromatic heterocycles. The summed E-state index contributed by atoms with van der Waals surface area (Å²) < 4.78 is 5.74. The lowest BCUT2D eigenvalue weighted by atomic mass is 9.84. The van der Waals surface area contributed by atoms with E-state index in [0.29, 0.717) is 18.4 Å². The molecule has 25 heavy (non-hydrogen) atoms. The van der Waals surface area contributed by atoms with Crippen LogP contribution in [0.25, 0.3) is 11.0 Å². The maximum absolute atomic E-state index is 12.6. The fraction of sp³-hybridized carbons (Fsp3) is 0.591. The predicted molar refractivity (Wildman–Crippen MR) is 98.5 cm³/mol. The topological polar surface area (TPSA) is 42.2 Å². The van der Waals surface area contributed by atoms with Crippen molar-refractivity contribution in [2.75, 3.05) is 0 Å². The van der Waals surface area contributed by atoms with Gasteiger partial charge >= 0.3 is 0 Å². The Hall–Kier alpha value is -1.77. The first-order valence-corrected chi connectivity index (χ1v) is 9.98. The number of rotatable bonds is 4. The van der Waals surface area contributed by atoms with Crippen LogP contribution in [0.1, 0.15) is 55.7 Å². The van der Waals surface area contributed by atoms with Gasteiger partial charge in [0.15, 0.2) is 0 Å². The van der Waals surface area contributed by atoms with Crippen LogP contribution in [-0.2, 0) is 24.1 Å². The van der Waals surface area contributed by atoms with Gasteiger partial charge in [0.25, 0.3) is 0 Å². The van der Waals surface area contributed by atoms with Crippen molar-refractivity contribution < 1.29 is 9.21 Å². The van der Waals surface area contributed by atoms with Gasteiger partial charge < -0.3 is 9.73 Å². The van der Waals surface area contributed by atoms with Crippen LogP contribution < -0.4 is 5.32 Å². The monoisotopic (exact) mass is 337 g/mol. The molecule has 1 N–H and O–H groups in total. The zero-order valence-corrected chi connectivity index (χ0v) is 15.0. The van der Waals surface area contributed by atoms with E-state index in [-0.39, 0.29) is 5.91 Å². The highest BCUT2D eigenvalue weighted by Crippen LogP contribution is 2.49. The van der Waals surface area contributed by atoms with Crippen LogP contribution >= 0.6 is 0 Å². The minimum absolute atomic E-state index is 0.137. The Morgan fingerprint density at radius 3 is 2.84 bits per heavy atom. The van der Waals surface area contributed by atoms with E-state index in [1.54, 1.807) is 6.26 Å². The van der Waals surface area contributed by atoms with E-state index in [0.717, 1.165) is 41.2 Å². The van der Waals surface area contributed by atoms with Gasteiger partial charge in [0.05, 0.1) is 12.7 Å². The Morgan fingerprint density at radius 1 is 1.24 bits per heavy atom. The van der Waals surface area contributed by atoms with Gasteiger partial charge in [-0.25, -0.2) is 0 Å². The summed E-state index contributed by atoms with van der Waals surface area (Å²) in [5.41, 5.74) is 4.82. The highest BCUT2D eigenvalue weighted by molar-refractivity contribution is 5.88. The lowest BCUT2D eigenvalue weighted by molar-refractivity contribution is -0.121. The van der Waals surface area contributed by atoms with E-state index < -0.39 is 0 Å². The second-order valence-electron chi connectivity index (χ2n) is 8.60. The maximum Gasteiger partial charge on any atom is 0.224 e. The summed E-state index contributed by atoms with van der Waals surface area (Å²) >= 11 is 0. The first-order valence-electron chi connectivity index (χ1n) is 9.98. The first-order chi connectivity index (χ1) is 12.2. The standard InChI is InChI=1S/C22H27NO2/c1-13(19-8-14-5-6-17(19)7-14)23-22(24)11-18-12-25-21-10-16-4-2-3-15(16)9-20(18)21/h9-10,12-14,17,19H,2-8,11H2,1H3,(H,23,24). The van der Waals surface area contributed by atoms with Crippen LogP contribution in [0.2, 0.25) is 0 Å². The number of carbonyl (C=O) groups excluding carboxylic acids is 1. The summed E-state index contributed by atoms with van der Waals surface area (Å²) in [6.07, 6.45) is 11.2. The maximum atomic E-state index is 12.6. The van der Waals surface area contributed by atoms with Crippen LogP contribution in [0.3, 0.4) is 0 Å². The summed E-state index contributed by atoms with van der Waals surface area (Å²) in [6, 6.07) is 4.73. The Kier molecular flexibility index (Phi) is 3.65. The van der Waals surface area contributed by atoms with Gasteiger partial charge in [0.1, 0.15) is 5.58 Å². The zero-order valence-electron chi connectivity index (χ0n) is 15.0. The molecule has 3 aliphatic carbocycles. The van der Waals surface area contributed by atoms with Crippen LogP contribution in [0.4, 0.5) is 0 Å². The third-order valence-corrected chi connectivity index (χ3v) is 7.04. The number of amides is 1. The molecule has 2 bridgehead atoms. The Balaban J connectivity index is 1.28. The normalized spacial score (nSPS) is 28.4. The molecule has 0 aliphatic heterocycles. The number of benzene rings is 1. The molecule has 0 spiro atoms. The quantitative estimate of drug-likeness (QED) is 0.898. The molecule has 0 saturated heterocycles. The van der Waals surface area contributed by atoms with Crippen LogP contribution in [0, 0.1) is 17.8 Å². The molecule has 3 nitrogen and oxygen atoms in total. The Bertz CT molecular complexity index is 821. The van der Waals surface area contributed by atoms with Crippen molar-refractivity contribution in [3.05, 3.63) is 35.1 Å². The van der Waals surface area contributed by atoms with Crippen molar-refractivity contribution in [3.8, 4) is 0 Å². The second kappa shape index (κ2) is 5.89. The van der Waals surface area contributed by atoms with Crippen molar-refractivity contribution in [2.45, 2.75) is 64.3 Å². The van der Waals surface area contributed by atoms with Crippen molar-refractivity contribution in [1.82, 2.24) is 5.32 Å². The molecule has 0 radical (unpaired) electrons. The third kappa shape index (κ3) is 2.68. The zero-order chi connectivity index (χ0) is 17.0. The minimum Gasteiger partial charge on any atom is -0.464 e. The van der Waals surface area contributed by atoms with Crippen molar-refractivity contribution in [1.29, 1.82) is 0 Å². The van der Waals surface area contributed by atoms with E-state index >= 15 is 0 Å². The molecule has 2 fully saturated rings. The number of aryl methyl sites for hydroxylation is 2. The molecule has 3 aliphatic rings. The molecule has 132 valence electrons. The lowest BCUT2D eigenvalue weighted by Crippen LogP contribution is -2.40. The van der Waals surface area contributed by atoms with Gasteiger partial charge in [-0.1, -0.05) is 6.42 Å². The van der Waals surface area contributed by atoms with E-state index in [2.05, 4.69) is 24.4 Å². The summed E-state index contributed by atoms with van der Waals surface area (Å²) in [6.45, 7) is 2.20. The number of carbonyl (C=O) groups is 1. The van der Waals surface area contributed by atoms with Gasteiger partial charge in [0.2, 0.25) is 5.91 Å². The second-order valence-corrected chi connectivity index (χ2v) is 8.60. The predicted octanol–water partition coefficient (Wildman–Crippen LogP) is 4.40. The molecule has 2 saturated carbocycles. The number of hydrogen-bond donors (Lipinski definition) is 1. The molecule has 4 atom stereocenters. The van der Waals surface area contributed by atoms with Crippen molar-refractivity contribution in [3.63, 3.8) is 0 Å². The fourth-order valence-electron chi connectivity index (χ4n) is 5.78. The molecule has 4 unspecified atom stereocenters. The number of hydrogen-bond acceptors (Lipinski definition) is 2. The van der Waals surface area contributed by atoms with E-state index in [1.165, 1.54) is 43.2 Å². The summed E-state index contributed by atoms with van der Waals surface area (Å²) in [7, 11) is 0. The average molecular weight is 337 g/mol. The van der Waals surface area contributed by atoms with Crippen molar-refractivity contribution >= 4 is 16.9 Å². The van der Waals surface area contributed by atoms with Crippen LogP contribution in [0.15, 0.2) is 22.8 Å². The van der Waals surface area contributed by atoms with E-state index in [4.69, 9.17) is 4.42 Å². The highest BCUT2D eigenvalue weighted by Gasteiger charge is 2.42. The van der Waals surface area contributed by atoms with Gasteiger partial charge in [-0.15, -0.1) is 0 Å². The number of furan rings is 1. The highest BCUT2D eigenvalue weighted by atomic mass is 16.3. The van der Waals surface area contributed by atoms with Gasteiger partial charge in [0, 0.05) is 17.0 Å². The van der Waals surface area contributed by atoms with E-state index in [1.807, 2.05) is 0 Å². The summed E-state index contributed by atoms with van der Waals surface area (Å²) in [4.78, 5) is 12.6. The lowest BCUT2D eigenvalue weighted by Gasteiger charge is -2.28. The Labute approximate surface area is 149 Å². The summed E-state index contributed by atoms with van der Waals surface area (Å²) in [5, 5.41) is 4.41. The molecular weight excluding hydrogens is 310 g/mol. The average Bonchev–Trinajstić information content (AvgIpc) is 3.37. The molecule has 3 heteroatoms. The number of fused-ring (bicyclic) bond motifs is 4. The third-order valence-electron chi connectivity index (χ3n) is 7.04. The number of nitrogens with one attached hydrogen (secondary N) is 1. The SMILES string of the molecule is CC(NC(=O)Cc1coc2cc3c(cc12)CCC3)C1CC2CCC1C2. The van der Waals surface area contributed by atoms with E-state index in [9.17, 15) is 4.79 Å². The first kappa shape index (κ1) is 15.5. The molecule has 2 aromatic rings. The summed E-state index contributed by atoms with van der Waals surface area (Å²) in [5.74, 6) is 2.59. The van der Waals surface area contributed by atoms with Crippen molar-refractivity contribution in [2.24, 2.45) is 17.8 Å². The molecule has 1 amide bonds. The Morgan fingerprint density at radius 2 is 2.08 bits per heavy atom. The van der Waals surface area contributed by atoms with Gasteiger partial charge in [-0.2, -0.15) is 0 Å². The molecular formula is C22H27NO2. The van der Waals surface area contributed by atoms with Crippen LogP contribution in [-0.4, -0.2) is 11.9 Å². The van der Waals surface area contributed by atoms with Gasteiger partial charge in [-0.3, -0.25) is 4.79 Å².